The average molecular weight is 266 g/mol. The Balaban J connectivity index is 2.35. The normalized spacial score (nSPS) is 16.3. The number of nitrogen functional groups attached to an aromatic ring is 1. The first-order valence-corrected chi connectivity index (χ1v) is 7.42. The van der Waals surface area contributed by atoms with Gasteiger partial charge in [-0.3, -0.25) is 0 Å². The number of hydrogen-bond acceptors (Lipinski definition) is 3. The van der Waals surface area contributed by atoms with Crippen molar-refractivity contribution in [2.75, 3.05) is 5.73 Å². The Morgan fingerprint density at radius 3 is 2.17 bits per heavy atom. The second-order valence-electron chi connectivity index (χ2n) is 4.74. The smallest absolute Gasteiger partial charge is 0.241 e. The van der Waals surface area contributed by atoms with Gasteiger partial charge in [-0.15, -0.1) is 0 Å². The maximum absolute atomic E-state index is 12.4. The van der Waals surface area contributed by atoms with E-state index in [-0.39, 0.29) is 6.04 Å². The van der Waals surface area contributed by atoms with Crippen LogP contribution in [0.25, 0.3) is 0 Å². The van der Waals surface area contributed by atoms with Crippen molar-refractivity contribution in [2.24, 2.45) is 0 Å². The Morgan fingerprint density at radius 1 is 1.17 bits per heavy atom. The fourth-order valence-corrected chi connectivity index (χ4v) is 4.11. The summed E-state index contributed by atoms with van der Waals surface area (Å²) in [6.07, 6.45) is 5.50. The molecule has 0 amide bonds. The second kappa shape index (κ2) is 4.74. The number of anilines is 1. The predicted octanol–water partition coefficient (Wildman–Crippen LogP) is 1.88. The fourth-order valence-electron chi connectivity index (χ4n) is 2.40. The molecule has 0 saturated carbocycles. The second-order valence-corrected chi connectivity index (χ2v) is 6.40. The molecule has 0 heterocycles. The molecule has 1 aliphatic rings. The van der Waals surface area contributed by atoms with Gasteiger partial charge in [0.2, 0.25) is 10.0 Å². The Hall–Kier alpha value is -1.33. The molecule has 3 N–H and O–H groups in total. The van der Waals surface area contributed by atoms with E-state index < -0.39 is 10.0 Å². The van der Waals surface area contributed by atoms with Crippen LogP contribution in [0, 0.1) is 13.8 Å². The molecule has 0 bridgehead atoms. The van der Waals surface area contributed by atoms with Crippen LogP contribution in [0.2, 0.25) is 0 Å². The molecule has 0 unspecified atom stereocenters. The standard InChI is InChI=1S/C13H18N2O2S/c1-9-7-11(14)8-10(2)13(9)18(16,17)15-12-5-3-4-6-12/h3-4,7-8,12,15H,5-6,14H2,1-2H3. The van der Waals surface area contributed by atoms with Gasteiger partial charge in [0.15, 0.2) is 0 Å². The molecule has 0 atom stereocenters. The Kier molecular flexibility index (Phi) is 3.45. The lowest BCUT2D eigenvalue weighted by molar-refractivity contribution is 0.556. The van der Waals surface area contributed by atoms with E-state index in [1.807, 2.05) is 12.2 Å². The summed E-state index contributed by atoms with van der Waals surface area (Å²) < 4.78 is 27.5. The highest BCUT2D eigenvalue weighted by Crippen LogP contribution is 2.24. The third kappa shape index (κ3) is 2.57. The lowest BCUT2D eigenvalue weighted by Gasteiger charge is -2.16. The number of aryl methyl sites for hydroxylation is 2. The number of rotatable bonds is 3. The van der Waals surface area contributed by atoms with Crippen molar-refractivity contribution in [1.82, 2.24) is 4.72 Å². The van der Waals surface area contributed by atoms with E-state index in [0.717, 1.165) is 12.8 Å². The first kappa shape index (κ1) is 13.1. The van der Waals surface area contributed by atoms with Crippen LogP contribution in [0.1, 0.15) is 24.0 Å². The van der Waals surface area contributed by atoms with E-state index >= 15 is 0 Å². The van der Waals surface area contributed by atoms with E-state index in [0.29, 0.717) is 21.7 Å². The van der Waals surface area contributed by atoms with Gasteiger partial charge in [0.1, 0.15) is 0 Å². The quantitative estimate of drug-likeness (QED) is 0.648. The first-order valence-electron chi connectivity index (χ1n) is 5.94. The number of nitrogens with two attached hydrogens (primary N) is 1. The van der Waals surface area contributed by atoms with Crippen molar-refractivity contribution in [2.45, 2.75) is 37.6 Å². The molecule has 0 fully saturated rings. The topological polar surface area (TPSA) is 72.2 Å². The summed E-state index contributed by atoms with van der Waals surface area (Å²) in [6.45, 7) is 3.54. The van der Waals surface area contributed by atoms with Gasteiger partial charge in [0.05, 0.1) is 4.90 Å². The molecule has 0 radical (unpaired) electrons. The van der Waals surface area contributed by atoms with Gasteiger partial charge in [-0.2, -0.15) is 0 Å². The fraction of sp³-hybridized carbons (Fsp3) is 0.385. The first-order chi connectivity index (χ1) is 8.40. The summed E-state index contributed by atoms with van der Waals surface area (Å²) in [5.41, 5.74) is 7.67. The van der Waals surface area contributed by atoms with Crippen molar-refractivity contribution in [1.29, 1.82) is 0 Å². The molecular weight excluding hydrogens is 248 g/mol. The molecule has 0 saturated heterocycles. The Bertz CT molecular complexity index is 560. The number of hydrogen-bond donors (Lipinski definition) is 2. The molecule has 0 aromatic heterocycles. The Morgan fingerprint density at radius 2 is 1.67 bits per heavy atom. The van der Waals surface area contributed by atoms with Crippen molar-refractivity contribution >= 4 is 15.7 Å². The lowest BCUT2D eigenvalue weighted by atomic mass is 10.1. The molecule has 1 aliphatic carbocycles. The highest BCUT2D eigenvalue weighted by Gasteiger charge is 2.24. The van der Waals surface area contributed by atoms with E-state index in [1.54, 1.807) is 26.0 Å². The average Bonchev–Trinajstić information content (AvgIpc) is 2.66. The third-order valence-corrected chi connectivity index (χ3v) is 4.91. The van der Waals surface area contributed by atoms with Crippen LogP contribution in [0.4, 0.5) is 5.69 Å². The summed E-state index contributed by atoms with van der Waals surface area (Å²) in [5.74, 6) is 0. The summed E-state index contributed by atoms with van der Waals surface area (Å²) in [6, 6.07) is 3.36. The molecule has 1 aromatic carbocycles. The highest BCUT2D eigenvalue weighted by molar-refractivity contribution is 7.89. The largest absolute Gasteiger partial charge is 0.399 e. The maximum atomic E-state index is 12.4. The number of benzene rings is 1. The van der Waals surface area contributed by atoms with Gasteiger partial charge in [0.25, 0.3) is 0 Å². The molecule has 0 aliphatic heterocycles. The molecule has 4 nitrogen and oxygen atoms in total. The van der Waals surface area contributed by atoms with Crippen molar-refractivity contribution in [3.63, 3.8) is 0 Å². The van der Waals surface area contributed by atoms with Crippen LogP contribution in [0.3, 0.4) is 0 Å². The monoisotopic (exact) mass is 266 g/mol. The van der Waals surface area contributed by atoms with E-state index in [2.05, 4.69) is 4.72 Å². The van der Waals surface area contributed by atoms with Crippen LogP contribution in [-0.2, 0) is 10.0 Å². The minimum Gasteiger partial charge on any atom is -0.399 e. The molecule has 0 spiro atoms. The highest BCUT2D eigenvalue weighted by atomic mass is 32.2. The summed E-state index contributed by atoms with van der Waals surface area (Å²) >= 11 is 0. The molecule has 2 rings (SSSR count). The molecular formula is C13H18N2O2S. The minimum absolute atomic E-state index is 0.0219. The summed E-state index contributed by atoms with van der Waals surface area (Å²) in [4.78, 5) is 0.351. The van der Waals surface area contributed by atoms with Gasteiger partial charge in [0, 0.05) is 11.7 Å². The lowest BCUT2D eigenvalue weighted by Crippen LogP contribution is -2.33. The van der Waals surface area contributed by atoms with E-state index in [9.17, 15) is 8.42 Å². The van der Waals surface area contributed by atoms with Crippen molar-refractivity contribution in [3.8, 4) is 0 Å². The zero-order chi connectivity index (χ0) is 13.3. The molecule has 1 aromatic rings. The van der Waals surface area contributed by atoms with E-state index in [1.165, 1.54) is 0 Å². The third-order valence-electron chi connectivity index (χ3n) is 3.08. The van der Waals surface area contributed by atoms with Gasteiger partial charge >= 0.3 is 0 Å². The van der Waals surface area contributed by atoms with E-state index in [4.69, 9.17) is 5.73 Å². The van der Waals surface area contributed by atoms with Gasteiger partial charge < -0.3 is 5.73 Å². The van der Waals surface area contributed by atoms with Crippen LogP contribution < -0.4 is 10.5 Å². The molecule has 18 heavy (non-hydrogen) atoms. The summed E-state index contributed by atoms with van der Waals surface area (Å²) in [5, 5.41) is 0. The number of nitrogens with one attached hydrogen (secondary N) is 1. The maximum Gasteiger partial charge on any atom is 0.241 e. The van der Waals surface area contributed by atoms with Gasteiger partial charge in [-0.25, -0.2) is 13.1 Å². The van der Waals surface area contributed by atoms with Crippen LogP contribution in [0.15, 0.2) is 29.2 Å². The van der Waals surface area contributed by atoms with Crippen LogP contribution in [0.5, 0.6) is 0 Å². The zero-order valence-corrected chi connectivity index (χ0v) is 11.4. The summed E-state index contributed by atoms with van der Waals surface area (Å²) in [7, 11) is -3.47. The predicted molar refractivity (Wildman–Crippen MR) is 72.8 cm³/mol. The Labute approximate surface area is 108 Å². The minimum atomic E-state index is -3.47. The molecule has 5 heteroatoms. The van der Waals surface area contributed by atoms with Crippen LogP contribution >= 0.6 is 0 Å². The van der Waals surface area contributed by atoms with Crippen LogP contribution in [-0.4, -0.2) is 14.5 Å². The van der Waals surface area contributed by atoms with Crippen molar-refractivity contribution < 1.29 is 8.42 Å². The molecule has 98 valence electrons. The van der Waals surface area contributed by atoms with Gasteiger partial charge in [-0.05, 0) is 49.9 Å². The number of sulfonamides is 1. The van der Waals surface area contributed by atoms with Gasteiger partial charge in [-0.1, -0.05) is 12.2 Å². The SMILES string of the molecule is Cc1cc(N)cc(C)c1S(=O)(=O)NC1CC=CC1. The zero-order valence-electron chi connectivity index (χ0n) is 10.6. The van der Waals surface area contributed by atoms with Crippen molar-refractivity contribution in [3.05, 3.63) is 35.4 Å².